The van der Waals surface area contributed by atoms with Crippen molar-refractivity contribution in [3.05, 3.63) is 39.7 Å². The molecule has 0 aromatic carbocycles. The van der Waals surface area contributed by atoms with Gasteiger partial charge in [-0.05, 0) is 77.4 Å². The number of anilines is 1. The number of piperidine rings is 1. The highest BCUT2D eigenvalue weighted by molar-refractivity contribution is 7.92. The number of sulfonamides is 1. The first-order valence-corrected chi connectivity index (χ1v) is 15.6. The summed E-state index contributed by atoms with van der Waals surface area (Å²) in [5.74, 6) is 0.228. The van der Waals surface area contributed by atoms with Gasteiger partial charge in [0.15, 0.2) is 0 Å². The summed E-state index contributed by atoms with van der Waals surface area (Å²) in [5, 5.41) is 15.7. The summed E-state index contributed by atoms with van der Waals surface area (Å²) in [4.78, 5) is 24.3. The van der Waals surface area contributed by atoms with E-state index in [9.17, 15) is 27.1 Å². The first kappa shape index (κ1) is 29.0. The summed E-state index contributed by atoms with van der Waals surface area (Å²) in [5.41, 5.74) is -2.53. The molecule has 13 heteroatoms. The lowest BCUT2D eigenvalue weighted by Crippen LogP contribution is -2.42. The molecule has 2 aromatic rings. The van der Waals surface area contributed by atoms with Crippen molar-refractivity contribution >= 4 is 27.0 Å². The van der Waals surface area contributed by atoms with E-state index in [-0.39, 0.29) is 17.6 Å². The van der Waals surface area contributed by atoms with E-state index in [2.05, 4.69) is 20.2 Å². The van der Waals surface area contributed by atoms with Gasteiger partial charge in [-0.2, -0.15) is 9.29 Å². The maximum absolute atomic E-state index is 13.7. The summed E-state index contributed by atoms with van der Waals surface area (Å²) in [7, 11) is -3.49. The third kappa shape index (κ3) is 6.22. The van der Waals surface area contributed by atoms with E-state index >= 15 is 0 Å². The van der Waals surface area contributed by atoms with Gasteiger partial charge in [-0.25, -0.2) is 22.2 Å². The van der Waals surface area contributed by atoms with Crippen molar-refractivity contribution in [2.45, 2.75) is 82.4 Å². The Labute approximate surface area is 233 Å². The molecule has 2 saturated heterocycles. The van der Waals surface area contributed by atoms with Crippen LogP contribution in [0.3, 0.4) is 0 Å². The average Bonchev–Trinajstić information content (AvgIpc) is 3.55. The van der Waals surface area contributed by atoms with Crippen LogP contribution in [-0.4, -0.2) is 81.6 Å². The third-order valence-electron chi connectivity index (χ3n) is 8.45. The quantitative estimate of drug-likeness (QED) is 0.463. The minimum Gasteiger partial charge on any atom is -0.388 e. The van der Waals surface area contributed by atoms with E-state index in [1.807, 2.05) is 0 Å². The highest BCUT2D eigenvalue weighted by Gasteiger charge is 2.40. The van der Waals surface area contributed by atoms with E-state index in [4.69, 9.17) is 0 Å². The predicted molar refractivity (Wildman–Crippen MR) is 149 cm³/mol. The van der Waals surface area contributed by atoms with E-state index < -0.39 is 39.2 Å². The lowest BCUT2D eigenvalue weighted by atomic mass is 9.99. The van der Waals surface area contributed by atoms with Gasteiger partial charge in [0.2, 0.25) is 16.0 Å². The zero-order valence-corrected chi connectivity index (χ0v) is 23.6. The van der Waals surface area contributed by atoms with Crippen molar-refractivity contribution in [1.82, 2.24) is 23.7 Å². The molecule has 0 amide bonds. The maximum Gasteiger partial charge on any atom is 0.269 e. The van der Waals surface area contributed by atoms with Gasteiger partial charge in [0.25, 0.3) is 12.0 Å². The van der Waals surface area contributed by atoms with Crippen LogP contribution in [0.15, 0.2) is 28.5 Å². The maximum atomic E-state index is 13.7. The predicted octanol–water partition coefficient (Wildman–Crippen LogP) is 3.41. The first-order chi connectivity index (χ1) is 19.0. The van der Waals surface area contributed by atoms with Gasteiger partial charge in [0, 0.05) is 42.7 Å². The summed E-state index contributed by atoms with van der Waals surface area (Å²) in [6.45, 7) is 5.34. The normalized spacial score (nSPS) is 25.6. The van der Waals surface area contributed by atoms with Gasteiger partial charge in [0.05, 0.1) is 17.2 Å². The molecule has 3 aliphatic rings. The molecule has 220 valence electrons. The van der Waals surface area contributed by atoms with Crippen LogP contribution < -0.4 is 10.9 Å². The lowest BCUT2D eigenvalue weighted by Gasteiger charge is -2.31. The minimum atomic E-state index is -3.49. The number of nitrogens with zero attached hydrogens (tertiary/aromatic N) is 5. The smallest absolute Gasteiger partial charge is 0.269 e. The molecule has 0 unspecified atom stereocenters. The Morgan fingerprint density at radius 1 is 1.18 bits per heavy atom. The molecule has 0 radical (unpaired) electrons. The second kappa shape index (κ2) is 11.8. The van der Waals surface area contributed by atoms with E-state index in [1.165, 1.54) is 33.3 Å². The van der Waals surface area contributed by atoms with Crippen LogP contribution in [0, 0.1) is 0 Å². The van der Waals surface area contributed by atoms with Gasteiger partial charge in [0.1, 0.15) is 5.65 Å². The van der Waals surface area contributed by atoms with Crippen LogP contribution in [0.25, 0.3) is 11.0 Å². The standard InChI is InChI=1S/C27H38F2N6O4S/c1-27(37)10-6-7-22(27)35-24-19(17-21(23(28)29)25(35)36)18-30-26(32-24)31-20-8-14-34(15-9-20)40(38,39)16-5-4-13-33-11-2-3-12-33/h5,16-18,20,22-23,37H,2-4,6-15H2,1H3,(H,30,31,32)/b16-5+/t22-,27-/m1/s1. The van der Waals surface area contributed by atoms with Gasteiger partial charge >= 0.3 is 0 Å². The second-order valence-electron chi connectivity index (χ2n) is 11.4. The van der Waals surface area contributed by atoms with E-state index in [1.54, 1.807) is 13.0 Å². The molecule has 2 atom stereocenters. The van der Waals surface area contributed by atoms with Crippen molar-refractivity contribution in [3.63, 3.8) is 0 Å². The molecular weight excluding hydrogens is 542 g/mol. The van der Waals surface area contributed by atoms with E-state index in [0.717, 1.165) is 25.7 Å². The number of likely N-dealkylation sites (tertiary alicyclic amines) is 1. The van der Waals surface area contributed by atoms with E-state index in [0.29, 0.717) is 57.0 Å². The topological polar surface area (TPSA) is 121 Å². The van der Waals surface area contributed by atoms with Crippen LogP contribution >= 0.6 is 0 Å². The number of nitrogens with one attached hydrogen (secondary N) is 1. The fourth-order valence-electron chi connectivity index (χ4n) is 6.17. The molecule has 2 N–H and O–H groups in total. The molecule has 5 rings (SSSR count). The van der Waals surface area contributed by atoms with Crippen LogP contribution in [0.2, 0.25) is 0 Å². The van der Waals surface area contributed by atoms with Gasteiger partial charge < -0.3 is 15.3 Å². The number of hydrogen-bond donors (Lipinski definition) is 2. The van der Waals surface area contributed by atoms with Crippen LogP contribution in [0.1, 0.15) is 76.3 Å². The molecule has 1 aliphatic carbocycles. The number of aliphatic hydroxyl groups is 1. The first-order valence-electron chi connectivity index (χ1n) is 14.1. The van der Waals surface area contributed by atoms with Crippen molar-refractivity contribution in [2.75, 3.05) is 38.0 Å². The number of alkyl halides is 2. The fourth-order valence-corrected chi connectivity index (χ4v) is 7.44. The molecule has 2 aliphatic heterocycles. The SMILES string of the molecule is C[C@@]1(O)CCC[C@H]1n1c(=O)c(C(F)F)cc2cnc(NC3CCN(S(=O)(=O)/C=C/CCN4CCCC4)CC3)nc21. The number of fused-ring (bicyclic) bond motifs is 1. The highest BCUT2D eigenvalue weighted by atomic mass is 32.2. The van der Waals surface area contributed by atoms with Crippen molar-refractivity contribution in [2.24, 2.45) is 0 Å². The summed E-state index contributed by atoms with van der Waals surface area (Å²) in [6.07, 6.45) is 5.96. The molecule has 1 saturated carbocycles. The van der Waals surface area contributed by atoms with Crippen LogP contribution in [0.4, 0.5) is 14.7 Å². The van der Waals surface area contributed by atoms with Crippen LogP contribution in [0.5, 0.6) is 0 Å². The van der Waals surface area contributed by atoms with Crippen molar-refractivity contribution in [1.29, 1.82) is 0 Å². The number of hydrogen-bond acceptors (Lipinski definition) is 8. The summed E-state index contributed by atoms with van der Waals surface area (Å²) in [6, 6.07) is 0.341. The Morgan fingerprint density at radius 3 is 2.55 bits per heavy atom. The molecule has 40 heavy (non-hydrogen) atoms. The number of pyridine rings is 1. The molecule has 4 heterocycles. The van der Waals surface area contributed by atoms with Gasteiger partial charge in [-0.3, -0.25) is 9.36 Å². The average molecular weight is 581 g/mol. The number of aromatic nitrogens is 3. The molecule has 2 aromatic heterocycles. The molecule has 0 bridgehead atoms. The van der Waals surface area contributed by atoms with Crippen molar-refractivity contribution in [3.8, 4) is 0 Å². The largest absolute Gasteiger partial charge is 0.388 e. The Kier molecular flexibility index (Phi) is 8.55. The molecule has 10 nitrogen and oxygen atoms in total. The summed E-state index contributed by atoms with van der Waals surface area (Å²) < 4.78 is 55.6. The Balaban J connectivity index is 1.27. The third-order valence-corrected chi connectivity index (χ3v) is 10.1. The molecular formula is C27H38F2N6O4S. The fraction of sp³-hybridized carbons (Fsp3) is 0.667. The second-order valence-corrected chi connectivity index (χ2v) is 13.2. The minimum absolute atomic E-state index is 0.0989. The van der Waals surface area contributed by atoms with Gasteiger partial charge in [-0.15, -0.1) is 0 Å². The lowest BCUT2D eigenvalue weighted by molar-refractivity contribution is 0.0261. The zero-order chi connectivity index (χ0) is 28.5. The van der Waals surface area contributed by atoms with Gasteiger partial charge in [-0.1, -0.05) is 6.08 Å². The zero-order valence-electron chi connectivity index (χ0n) is 22.8. The highest BCUT2D eigenvalue weighted by Crippen LogP contribution is 2.40. The Bertz CT molecular complexity index is 1400. The van der Waals surface area contributed by atoms with Crippen LogP contribution in [-0.2, 0) is 10.0 Å². The van der Waals surface area contributed by atoms with Crippen molar-refractivity contribution < 1.29 is 22.3 Å². The Morgan fingerprint density at radius 2 is 1.90 bits per heavy atom. The number of halogens is 2. The Hall–Kier alpha value is -2.48. The molecule has 0 spiro atoms. The number of rotatable bonds is 9. The molecule has 3 fully saturated rings. The monoisotopic (exact) mass is 580 g/mol. The summed E-state index contributed by atoms with van der Waals surface area (Å²) >= 11 is 0.